The number of hydrogen-bond acceptors (Lipinski definition) is 8. The van der Waals surface area contributed by atoms with Crippen molar-refractivity contribution in [1.29, 1.82) is 0 Å². The molecule has 0 saturated carbocycles. The molecule has 0 bridgehead atoms. The van der Waals surface area contributed by atoms with Gasteiger partial charge in [-0.3, -0.25) is 4.79 Å². The van der Waals surface area contributed by atoms with Crippen molar-refractivity contribution in [3.63, 3.8) is 0 Å². The second kappa shape index (κ2) is 7.76. The smallest absolute Gasteiger partial charge is 0.277 e. The van der Waals surface area contributed by atoms with E-state index in [1.807, 2.05) is 43.5 Å². The van der Waals surface area contributed by atoms with Gasteiger partial charge >= 0.3 is 0 Å². The van der Waals surface area contributed by atoms with Gasteiger partial charge in [-0.15, -0.1) is 10.2 Å². The Balaban J connectivity index is 1.69. The van der Waals surface area contributed by atoms with E-state index in [-0.39, 0.29) is 29.1 Å². The van der Waals surface area contributed by atoms with E-state index in [0.717, 1.165) is 11.4 Å². The summed E-state index contributed by atoms with van der Waals surface area (Å²) >= 11 is 1.21. The summed E-state index contributed by atoms with van der Waals surface area (Å²) in [5, 5.41) is 8.28. The van der Waals surface area contributed by atoms with Crippen LogP contribution < -0.4 is 0 Å². The summed E-state index contributed by atoms with van der Waals surface area (Å²) in [4.78, 5) is 14.6. The van der Waals surface area contributed by atoms with Gasteiger partial charge in [-0.1, -0.05) is 11.8 Å². The molecule has 2 aromatic heterocycles. The molecule has 1 saturated heterocycles. The number of thioether (sulfide) groups is 1. The number of ketones is 1. The highest BCUT2D eigenvalue weighted by Gasteiger charge is 2.31. The second-order valence-electron chi connectivity index (χ2n) is 7.12. The van der Waals surface area contributed by atoms with E-state index < -0.39 is 9.84 Å². The van der Waals surface area contributed by atoms with E-state index >= 15 is 0 Å². The summed E-state index contributed by atoms with van der Waals surface area (Å²) in [6, 6.07) is 1.75. The van der Waals surface area contributed by atoms with Crippen LogP contribution in [-0.4, -0.2) is 65.2 Å². The first-order valence-corrected chi connectivity index (χ1v) is 11.5. The number of carbonyl (C=O) groups excluding carboxylic acids is 1. The van der Waals surface area contributed by atoms with Gasteiger partial charge in [0.05, 0.1) is 23.8 Å². The molecule has 0 N–H and O–H groups in total. The van der Waals surface area contributed by atoms with Gasteiger partial charge in [-0.2, -0.15) is 0 Å². The van der Waals surface area contributed by atoms with Crippen molar-refractivity contribution in [3.8, 4) is 0 Å². The van der Waals surface area contributed by atoms with Crippen molar-refractivity contribution in [1.82, 2.24) is 19.7 Å². The van der Waals surface area contributed by atoms with Gasteiger partial charge in [0.2, 0.25) is 5.89 Å². The van der Waals surface area contributed by atoms with Crippen molar-refractivity contribution < 1.29 is 17.6 Å². The highest BCUT2D eigenvalue weighted by molar-refractivity contribution is 7.99. The van der Waals surface area contributed by atoms with Crippen molar-refractivity contribution in [2.75, 3.05) is 31.4 Å². The zero-order valence-electron chi connectivity index (χ0n) is 15.9. The molecule has 0 amide bonds. The first kappa shape index (κ1) is 20.1. The van der Waals surface area contributed by atoms with Gasteiger partial charge in [-0.25, -0.2) is 8.42 Å². The van der Waals surface area contributed by atoms with Crippen molar-refractivity contribution in [2.24, 2.45) is 0 Å². The molecule has 10 heteroatoms. The van der Waals surface area contributed by atoms with E-state index in [0.29, 0.717) is 29.6 Å². The van der Waals surface area contributed by atoms with Gasteiger partial charge < -0.3 is 13.9 Å². The number of rotatable bonds is 7. The highest BCUT2D eigenvalue weighted by Crippen LogP contribution is 2.30. The molecule has 27 heavy (non-hydrogen) atoms. The van der Waals surface area contributed by atoms with Crippen LogP contribution in [0.15, 0.2) is 15.7 Å². The lowest BCUT2D eigenvalue weighted by Gasteiger charge is -2.16. The molecule has 0 spiro atoms. The van der Waals surface area contributed by atoms with Crippen LogP contribution in [0.1, 0.15) is 40.1 Å². The number of aromatic nitrogens is 3. The molecule has 0 radical (unpaired) electrons. The Labute approximate surface area is 163 Å². The largest absolute Gasteiger partial charge is 0.415 e. The molecule has 1 atom stereocenters. The average molecular weight is 413 g/mol. The third-order valence-corrected chi connectivity index (χ3v) is 7.15. The standard InChI is InChI=1S/C17H24N4O4S2/c1-11-7-14(12(2)21(11)13-5-6-27(23,24)10-13)15(22)9-26-17-19-18-16(25-17)8-20(3)4/h7,13H,5-6,8-10H2,1-4H3/t13-/m0/s1. The third kappa shape index (κ3) is 4.61. The van der Waals surface area contributed by atoms with Crippen LogP contribution in [0, 0.1) is 13.8 Å². The monoisotopic (exact) mass is 412 g/mol. The molecule has 3 rings (SSSR count). The van der Waals surface area contributed by atoms with Crippen LogP contribution in [0.3, 0.4) is 0 Å². The van der Waals surface area contributed by atoms with Crippen molar-refractivity contribution in [2.45, 2.75) is 38.1 Å². The van der Waals surface area contributed by atoms with E-state index in [9.17, 15) is 13.2 Å². The maximum atomic E-state index is 12.7. The van der Waals surface area contributed by atoms with Crippen molar-refractivity contribution >= 4 is 27.4 Å². The molecule has 0 unspecified atom stereocenters. The molecule has 1 fully saturated rings. The lowest BCUT2D eigenvalue weighted by Crippen LogP contribution is -2.14. The Morgan fingerprint density at radius 1 is 1.37 bits per heavy atom. The lowest BCUT2D eigenvalue weighted by molar-refractivity contribution is 0.102. The number of hydrogen-bond donors (Lipinski definition) is 0. The Morgan fingerprint density at radius 3 is 2.74 bits per heavy atom. The minimum absolute atomic E-state index is 0.0347. The predicted octanol–water partition coefficient (Wildman–Crippen LogP) is 1.88. The number of nitrogens with zero attached hydrogens (tertiary/aromatic N) is 4. The maximum Gasteiger partial charge on any atom is 0.277 e. The molecule has 148 valence electrons. The van der Waals surface area contributed by atoms with E-state index in [1.165, 1.54) is 11.8 Å². The SMILES string of the molecule is Cc1cc(C(=O)CSc2nnc(CN(C)C)o2)c(C)n1[C@H]1CCS(=O)(=O)C1. The van der Waals surface area contributed by atoms with Crippen LogP contribution >= 0.6 is 11.8 Å². The van der Waals surface area contributed by atoms with Gasteiger partial charge in [0, 0.05) is 23.0 Å². The number of Topliss-reactive ketones (excluding diaryl/α,β-unsaturated/α-hetero) is 1. The first-order chi connectivity index (χ1) is 12.7. The molecule has 1 aliphatic rings. The molecular formula is C17H24N4O4S2. The van der Waals surface area contributed by atoms with Gasteiger partial charge in [0.1, 0.15) is 0 Å². The summed E-state index contributed by atoms with van der Waals surface area (Å²) in [5.74, 6) is 1.02. The minimum Gasteiger partial charge on any atom is -0.415 e. The van der Waals surface area contributed by atoms with Crippen LogP contribution in [0.5, 0.6) is 0 Å². The van der Waals surface area contributed by atoms with Crippen LogP contribution in [0.25, 0.3) is 0 Å². The average Bonchev–Trinajstić information content (AvgIpc) is 3.23. The maximum absolute atomic E-state index is 12.7. The Kier molecular flexibility index (Phi) is 5.78. The van der Waals surface area contributed by atoms with E-state index in [4.69, 9.17) is 4.42 Å². The Hall–Kier alpha value is -1.65. The summed E-state index contributed by atoms with van der Waals surface area (Å²) in [5.41, 5.74) is 2.35. The molecule has 0 aliphatic carbocycles. The molecule has 3 heterocycles. The molecular weight excluding hydrogens is 388 g/mol. The normalized spacial score (nSPS) is 19.1. The van der Waals surface area contributed by atoms with Gasteiger partial charge in [-0.05, 0) is 40.4 Å². The van der Waals surface area contributed by atoms with Crippen LogP contribution in [0.4, 0.5) is 0 Å². The molecule has 1 aliphatic heterocycles. The summed E-state index contributed by atoms with van der Waals surface area (Å²) in [6.07, 6.45) is 0.595. The summed E-state index contributed by atoms with van der Waals surface area (Å²) < 4.78 is 31.1. The zero-order chi connectivity index (χ0) is 19.8. The summed E-state index contributed by atoms with van der Waals surface area (Å²) in [7, 11) is 0.836. The molecule has 2 aromatic rings. The third-order valence-electron chi connectivity index (χ3n) is 4.58. The van der Waals surface area contributed by atoms with E-state index in [2.05, 4.69) is 10.2 Å². The lowest BCUT2D eigenvalue weighted by atomic mass is 10.2. The van der Waals surface area contributed by atoms with Gasteiger partial charge in [0.25, 0.3) is 5.22 Å². The highest BCUT2D eigenvalue weighted by atomic mass is 32.2. The molecule has 8 nitrogen and oxygen atoms in total. The Bertz CT molecular complexity index is 946. The number of aryl methyl sites for hydroxylation is 1. The Morgan fingerprint density at radius 2 is 2.11 bits per heavy atom. The minimum atomic E-state index is -2.98. The van der Waals surface area contributed by atoms with Gasteiger partial charge in [0.15, 0.2) is 15.6 Å². The fraction of sp³-hybridized carbons (Fsp3) is 0.588. The first-order valence-electron chi connectivity index (χ1n) is 8.68. The van der Waals surface area contributed by atoms with Crippen molar-refractivity contribution in [3.05, 3.63) is 28.9 Å². The summed E-state index contributed by atoms with van der Waals surface area (Å²) in [6.45, 7) is 4.33. The molecule has 0 aromatic carbocycles. The topological polar surface area (TPSA) is 98.3 Å². The fourth-order valence-electron chi connectivity index (χ4n) is 3.44. The fourth-order valence-corrected chi connectivity index (χ4v) is 5.80. The second-order valence-corrected chi connectivity index (χ2v) is 10.3. The van der Waals surface area contributed by atoms with Crippen LogP contribution in [-0.2, 0) is 16.4 Å². The van der Waals surface area contributed by atoms with E-state index in [1.54, 1.807) is 0 Å². The quantitative estimate of drug-likeness (QED) is 0.502. The predicted molar refractivity (Wildman–Crippen MR) is 103 cm³/mol. The number of sulfone groups is 1. The number of carbonyl (C=O) groups is 1. The zero-order valence-corrected chi connectivity index (χ0v) is 17.6. The van der Waals surface area contributed by atoms with Crippen LogP contribution in [0.2, 0.25) is 0 Å².